The fourth-order valence-electron chi connectivity index (χ4n) is 2.69. The molecule has 0 saturated carbocycles. The topological polar surface area (TPSA) is 97.0 Å². The maximum absolute atomic E-state index is 12.2. The van der Waals surface area contributed by atoms with Crippen molar-refractivity contribution in [3.05, 3.63) is 64.1 Å². The Kier molecular flexibility index (Phi) is 5.73. The number of rotatable bonds is 6. The van der Waals surface area contributed by atoms with Crippen LogP contribution < -0.4 is 5.32 Å². The first kappa shape index (κ1) is 20.0. The number of imidazole rings is 1. The lowest BCUT2D eigenvalue weighted by Gasteiger charge is -2.05. The fourth-order valence-corrected chi connectivity index (χ4v) is 4.17. The van der Waals surface area contributed by atoms with Crippen LogP contribution in [0.4, 0.5) is 5.13 Å². The van der Waals surface area contributed by atoms with E-state index in [0.717, 1.165) is 33.3 Å². The van der Waals surface area contributed by atoms with Crippen LogP contribution in [0.15, 0.2) is 47.2 Å². The molecule has 2 N–H and O–H groups in total. The highest BCUT2D eigenvalue weighted by molar-refractivity contribution is 7.16. The molecule has 4 rings (SSSR count). The number of aromatic nitrogens is 3. The van der Waals surface area contributed by atoms with E-state index in [2.05, 4.69) is 20.3 Å². The van der Waals surface area contributed by atoms with Gasteiger partial charge in [0.1, 0.15) is 5.82 Å². The number of ether oxygens (including phenoxy) is 1. The average Bonchev–Trinajstić information content (AvgIpc) is 3.49. The van der Waals surface area contributed by atoms with Crippen molar-refractivity contribution in [1.29, 1.82) is 0 Å². The minimum Gasteiger partial charge on any atom is -0.452 e. The second-order valence-electron chi connectivity index (χ2n) is 6.51. The molecule has 1 aromatic carbocycles. The summed E-state index contributed by atoms with van der Waals surface area (Å²) in [7, 11) is 0. The first-order valence-electron chi connectivity index (χ1n) is 9.09. The lowest BCUT2D eigenvalue weighted by atomic mass is 10.1. The molecule has 0 aliphatic carbocycles. The first-order chi connectivity index (χ1) is 14.5. The monoisotopic (exact) mass is 438 g/mol. The lowest BCUT2D eigenvalue weighted by molar-refractivity contribution is -0.119. The van der Waals surface area contributed by atoms with Crippen molar-refractivity contribution in [2.75, 3.05) is 11.9 Å². The quantitative estimate of drug-likeness (QED) is 0.426. The molecule has 0 unspecified atom stereocenters. The van der Waals surface area contributed by atoms with Crippen LogP contribution in [0.5, 0.6) is 0 Å². The molecule has 9 heteroatoms. The molecule has 0 aliphatic heterocycles. The van der Waals surface area contributed by atoms with E-state index >= 15 is 0 Å². The number of carbonyl (C=O) groups is 2. The van der Waals surface area contributed by atoms with Gasteiger partial charge < -0.3 is 9.72 Å². The summed E-state index contributed by atoms with van der Waals surface area (Å²) in [6.07, 6.45) is 0. The lowest BCUT2D eigenvalue weighted by Crippen LogP contribution is -2.20. The van der Waals surface area contributed by atoms with Gasteiger partial charge in [-0.1, -0.05) is 18.2 Å². The van der Waals surface area contributed by atoms with Gasteiger partial charge in [0.05, 0.1) is 21.8 Å². The number of aryl methyl sites for hydroxylation is 2. The molecule has 1 amide bonds. The maximum atomic E-state index is 12.2. The van der Waals surface area contributed by atoms with Crippen molar-refractivity contribution in [1.82, 2.24) is 15.0 Å². The molecule has 0 bridgehead atoms. The summed E-state index contributed by atoms with van der Waals surface area (Å²) < 4.78 is 5.11. The summed E-state index contributed by atoms with van der Waals surface area (Å²) in [4.78, 5) is 37.4. The number of thiazole rings is 1. The normalized spacial score (nSPS) is 10.7. The molecule has 0 aliphatic rings. The van der Waals surface area contributed by atoms with Gasteiger partial charge in [0, 0.05) is 16.6 Å². The number of carbonyl (C=O) groups excluding carboxylic acids is 2. The summed E-state index contributed by atoms with van der Waals surface area (Å²) in [6, 6.07) is 10.8. The van der Waals surface area contributed by atoms with Gasteiger partial charge in [0.15, 0.2) is 11.7 Å². The van der Waals surface area contributed by atoms with E-state index in [1.807, 2.05) is 36.7 Å². The average molecular weight is 439 g/mol. The fraction of sp³-hybridized carbons (Fsp3) is 0.143. The number of hydrogen-bond donors (Lipinski definition) is 2. The molecule has 7 nitrogen and oxygen atoms in total. The van der Waals surface area contributed by atoms with Crippen molar-refractivity contribution < 1.29 is 14.3 Å². The van der Waals surface area contributed by atoms with Crippen LogP contribution in [0.3, 0.4) is 0 Å². The van der Waals surface area contributed by atoms with E-state index in [-0.39, 0.29) is 6.61 Å². The molecular weight excluding hydrogens is 420 g/mol. The van der Waals surface area contributed by atoms with Crippen LogP contribution in [0.1, 0.15) is 21.7 Å². The van der Waals surface area contributed by atoms with Gasteiger partial charge in [-0.15, -0.1) is 22.7 Å². The third-order valence-corrected chi connectivity index (χ3v) is 6.03. The Hall–Kier alpha value is -3.30. The number of nitrogens with one attached hydrogen (secondary N) is 2. The molecular formula is C21H18N4O3S2. The zero-order valence-corrected chi connectivity index (χ0v) is 17.9. The van der Waals surface area contributed by atoms with Gasteiger partial charge in [-0.2, -0.15) is 0 Å². The summed E-state index contributed by atoms with van der Waals surface area (Å²) in [5.41, 5.74) is 3.97. The zero-order valence-electron chi connectivity index (χ0n) is 16.3. The van der Waals surface area contributed by atoms with E-state index in [4.69, 9.17) is 4.74 Å². The predicted octanol–water partition coefficient (Wildman–Crippen LogP) is 4.67. The highest BCUT2D eigenvalue weighted by Crippen LogP contribution is 2.28. The molecule has 0 atom stereocenters. The van der Waals surface area contributed by atoms with Gasteiger partial charge >= 0.3 is 5.97 Å². The van der Waals surface area contributed by atoms with Crippen molar-refractivity contribution in [2.45, 2.75) is 13.8 Å². The molecule has 0 saturated heterocycles. The van der Waals surface area contributed by atoms with E-state index in [1.165, 1.54) is 11.3 Å². The summed E-state index contributed by atoms with van der Waals surface area (Å²) in [5.74, 6) is -0.259. The van der Waals surface area contributed by atoms with Gasteiger partial charge in [-0.25, -0.2) is 14.8 Å². The number of anilines is 1. The molecule has 30 heavy (non-hydrogen) atoms. The number of nitrogens with zero attached hydrogens (tertiary/aromatic N) is 2. The highest BCUT2D eigenvalue weighted by Gasteiger charge is 2.13. The van der Waals surface area contributed by atoms with Crippen LogP contribution in [0.25, 0.3) is 22.0 Å². The number of amides is 1. The Morgan fingerprint density at radius 2 is 1.90 bits per heavy atom. The maximum Gasteiger partial charge on any atom is 0.338 e. The molecule has 0 spiro atoms. The number of benzene rings is 1. The molecule has 0 radical (unpaired) electrons. The molecule has 0 fully saturated rings. The molecule has 3 heterocycles. The van der Waals surface area contributed by atoms with Crippen LogP contribution in [0, 0.1) is 13.8 Å². The van der Waals surface area contributed by atoms with Gasteiger partial charge in [0.2, 0.25) is 0 Å². The minimum atomic E-state index is -0.568. The highest BCUT2D eigenvalue weighted by atomic mass is 32.1. The number of H-pyrrole nitrogens is 1. The van der Waals surface area contributed by atoms with Crippen molar-refractivity contribution in [3.63, 3.8) is 0 Å². The number of hydrogen-bond acceptors (Lipinski definition) is 7. The van der Waals surface area contributed by atoms with Crippen molar-refractivity contribution in [3.8, 4) is 22.0 Å². The molecule has 3 aromatic heterocycles. The first-order valence-corrected chi connectivity index (χ1v) is 10.9. The number of thiophene rings is 1. The molecule has 4 aromatic rings. The van der Waals surface area contributed by atoms with E-state index in [1.54, 1.807) is 35.6 Å². The summed E-state index contributed by atoms with van der Waals surface area (Å²) >= 11 is 2.90. The third-order valence-electron chi connectivity index (χ3n) is 4.38. The van der Waals surface area contributed by atoms with Crippen molar-refractivity contribution >= 4 is 39.7 Å². The number of aromatic amines is 1. The summed E-state index contributed by atoms with van der Waals surface area (Å²) in [6.45, 7) is 3.50. The third kappa shape index (κ3) is 4.47. The second-order valence-corrected chi connectivity index (χ2v) is 8.32. The van der Waals surface area contributed by atoms with Crippen LogP contribution in [-0.2, 0) is 9.53 Å². The Labute approximate surface area is 180 Å². The molecule has 152 valence electrons. The smallest absolute Gasteiger partial charge is 0.338 e. The van der Waals surface area contributed by atoms with Crippen LogP contribution >= 0.6 is 22.7 Å². The Balaban J connectivity index is 1.31. The van der Waals surface area contributed by atoms with Gasteiger partial charge in [-0.05, 0) is 37.4 Å². The Morgan fingerprint density at radius 1 is 1.10 bits per heavy atom. The Bertz CT molecular complexity index is 1160. The van der Waals surface area contributed by atoms with Gasteiger partial charge in [0.25, 0.3) is 5.91 Å². The Morgan fingerprint density at radius 3 is 2.57 bits per heavy atom. The SMILES string of the molecule is Cc1nc(-c2ccc(C(=O)OCC(=O)Nc3nc(-c4cccs4)cs3)cc2)[nH]c1C. The number of esters is 1. The predicted molar refractivity (Wildman–Crippen MR) is 118 cm³/mol. The van der Waals surface area contributed by atoms with E-state index in [9.17, 15) is 9.59 Å². The minimum absolute atomic E-state index is 0.362. The van der Waals surface area contributed by atoms with Crippen molar-refractivity contribution in [2.24, 2.45) is 0 Å². The van der Waals surface area contributed by atoms with E-state index < -0.39 is 11.9 Å². The van der Waals surface area contributed by atoms with Crippen LogP contribution in [-0.4, -0.2) is 33.4 Å². The standard InChI is InChI=1S/C21H18N4O3S2/c1-12-13(2)23-19(22-12)14-5-7-15(8-6-14)20(27)28-10-18(26)25-21-24-16(11-30-21)17-4-3-9-29-17/h3-9,11H,10H2,1-2H3,(H,22,23)(H,24,25,26). The van der Waals surface area contributed by atoms with Gasteiger partial charge in [-0.3, -0.25) is 10.1 Å². The summed E-state index contributed by atoms with van der Waals surface area (Å²) in [5, 5.41) is 6.96. The second kappa shape index (κ2) is 8.60. The largest absolute Gasteiger partial charge is 0.452 e. The zero-order chi connectivity index (χ0) is 21.1. The van der Waals surface area contributed by atoms with Crippen LogP contribution in [0.2, 0.25) is 0 Å². The van der Waals surface area contributed by atoms with E-state index in [0.29, 0.717) is 10.7 Å².